The van der Waals surface area contributed by atoms with E-state index in [2.05, 4.69) is 20.2 Å². The molecule has 0 aromatic carbocycles. The molecule has 8 heteroatoms. The predicted octanol–water partition coefficient (Wildman–Crippen LogP) is 0.0754. The summed E-state index contributed by atoms with van der Waals surface area (Å²) in [5.41, 5.74) is 0.861. The lowest BCUT2D eigenvalue weighted by molar-refractivity contribution is 0.486. The molecule has 0 atom stereocenters. The van der Waals surface area contributed by atoms with Gasteiger partial charge in [-0.25, -0.2) is 17.5 Å². The van der Waals surface area contributed by atoms with Crippen LogP contribution in [0.5, 0.6) is 0 Å². The van der Waals surface area contributed by atoms with Crippen molar-refractivity contribution >= 4 is 10.0 Å². The molecular weight excluding hydrogens is 247 g/mol. The maximum absolute atomic E-state index is 12.0. The Morgan fingerprint density at radius 3 is 2.76 bits per heavy atom. The summed E-state index contributed by atoms with van der Waals surface area (Å²) in [4.78, 5) is 0.104. The van der Waals surface area contributed by atoms with Gasteiger partial charge in [-0.05, 0) is 13.5 Å². The summed E-state index contributed by atoms with van der Waals surface area (Å²) in [6.45, 7) is 3.63. The maximum atomic E-state index is 12.0. The van der Waals surface area contributed by atoms with Crippen molar-refractivity contribution in [2.24, 2.45) is 0 Å². The fourth-order valence-electron chi connectivity index (χ4n) is 1.43. The Labute approximate surface area is 100 Å². The SMILES string of the molecule is CCNCc1n[nH]c(C)c1S(=O)(=O)NCCF. The van der Waals surface area contributed by atoms with Gasteiger partial charge in [-0.15, -0.1) is 0 Å². The first kappa shape index (κ1) is 14.1. The molecular formula is C9H17FN4O2S. The summed E-state index contributed by atoms with van der Waals surface area (Å²) >= 11 is 0. The number of rotatable bonds is 7. The highest BCUT2D eigenvalue weighted by atomic mass is 32.2. The molecule has 0 aliphatic heterocycles. The van der Waals surface area contributed by atoms with Gasteiger partial charge in [0.05, 0.1) is 11.4 Å². The van der Waals surface area contributed by atoms with Gasteiger partial charge in [0, 0.05) is 13.1 Å². The number of H-pyrrole nitrogens is 1. The summed E-state index contributed by atoms with van der Waals surface area (Å²) in [6, 6.07) is 0. The zero-order chi connectivity index (χ0) is 12.9. The van der Waals surface area contributed by atoms with Crippen molar-refractivity contribution in [1.82, 2.24) is 20.2 Å². The Balaban J connectivity index is 2.98. The first-order valence-corrected chi connectivity index (χ1v) is 6.81. The smallest absolute Gasteiger partial charge is 0.244 e. The molecule has 0 fully saturated rings. The van der Waals surface area contributed by atoms with Gasteiger partial charge in [0.25, 0.3) is 0 Å². The van der Waals surface area contributed by atoms with Crippen molar-refractivity contribution in [3.63, 3.8) is 0 Å². The Kier molecular flexibility index (Phi) is 5.03. The molecule has 1 aromatic heterocycles. The summed E-state index contributed by atoms with van der Waals surface area (Å²) in [5, 5.41) is 9.55. The number of aromatic amines is 1. The third-order valence-electron chi connectivity index (χ3n) is 2.16. The molecule has 0 spiro atoms. The summed E-state index contributed by atoms with van der Waals surface area (Å²) in [7, 11) is -3.69. The van der Waals surface area contributed by atoms with Crippen molar-refractivity contribution in [1.29, 1.82) is 0 Å². The largest absolute Gasteiger partial charge is 0.311 e. The van der Waals surface area contributed by atoms with E-state index in [0.29, 0.717) is 24.5 Å². The molecule has 0 saturated heterocycles. The van der Waals surface area contributed by atoms with Crippen LogP contribution in [0, 0.1) is 6.92 Å². The monoisotopic (exact) mass is 264 g/mol. The minimum absolute atomic E-state index is 0.104. The van der Waals surface area contributed by atoms with Gasteiger partial charge in [0.1, 0.15) is 11.6 Å². The summed E-state index contributed by atoms with van der Waals surface area (Å²) in [5.74, 6) is 0. The second-order valence-corrected chi connectivity index (χ2v) is 5.20. The van der Waals surface area contributed by atoms with Crippen LogP contribution in [0.25, 0.3) is 0 Å². The Morgan fingerprint density at radius 2 is 2.18 bits per heavy atom. The molecule has 1 heterocycles. The van der Waals surface area contributed by atoms with E-state index in [1.807, 2.05) is 6.92 Å². The summed E-state index contributed by atoms with van der Waals surface area (Å²) < 4.78 is 38.0. The van der Waals surface area contributed by atoms with Crippen LogP contribution in [-0.2, 0) is 16.6 Å². The minimum Gasteiger partial charge on any atom is -0.311 e. The number of alkyl halides is 1. The predicted molar refractivity (Wildman–Crippen MR) is 61.9 cm³/mol. The van der Waals surface area contributed by atoms with Crippen LogP contribution < -0.4 is 10.0 Å². The lowest BCUT2D eigenvalue weighted by Gasteiger charge is -2.06. The molecule has 1 rings (SSSR count). The van der Waals surface area contributed by atoms with Gasteiger partial charge in [-0.2, -0.15) is 5.10 Å². The van der Waals surface area contributed by atoms with Crippen LogP contribution in [0.1, 0.15) is 18.3 Å². The first-order chi connectivity index (χ1) is 8.03. The first-order valence-electron chi connectivity index (χ1n) is 5.33. The van der Waals surface area contributed by atoms with Gasteiger partial charge in [0.15, 0.2) is 0 Å². The van der Waals surface area contributed by atoms with E-state index >= 15 is 0 Å². The highest BCUT2D eigenvalue weighted by molar-refractivity contribution is 7.89. The standard InChI is InChI=1S/C9H17FN4O2S/c1-3-11-6-8-9(7(2)13-14-8)17(15,16)12-5-4-10/h11-12H,3-6H2,1-2H3,(H,13,14). The maximum Gasteiger partial charge on any atom is 0.244 e. The third-order valence-corrected chi connectivity index (χ3v) is 3.82. The van der Waals surface area contributed by atoms with Crippen molar-refractivity contribution in [2.75, 3.05) is 19.8 Å². The van der Waals surface area contributed by atoms with E-state index in [-0.39, 0.29) is 11.4 Å². The van der Waals surface area contributed by atoms with E-state index in [1.165, 1.54) is 0 Å². The number of aromatic nitrogens is 2. The molecule has 6 nitrogen and oxygen atoms in total. The molecule has 0 amide bonds. The highest BCUT2D eigenvalue weighted by Gasteiger charge is 2.23. The average Bonchev–Trinajstić information content (AvgIpc) is 2.66. The zero-order valence-electron chi connectivity index (χ0n) is 9.88. The van der Waals surface area contributed by atoms with Crippen LogP contribution in [0.3, 0.4) is 0 Å². The van der Waals surface area contributed by atoms with E-state index in [9.17, 15) is 12.8 Å². The second kappa shape index (κ2) is 6.08. The molecule has 3 N–H and O–H groups in total. The molecule has 98 valence electrons. The number of aryl methyl sites for hydroxylation is 1. The topological polar surface area (TPSA) is 86.9 Å². The van der Waals surface area contributed by atoms with Gasteiger partial charge in [-0.3, -0.25) is 5.10 Å². The van der Waals surface area contributed by atoms with E-state index in [1.54, 1.807) is 6.92 Å². The van der Waals surface area contributed by atoms with Crippen LogP contribution in [0.2, 0.25) is 0 Å². The quantitative estimate of drug-likeness (QED) is 0.650. The third kappa shape index (κ3) is 3.48. The van der Waals surface area contributed by atoms with Crippen LogP contribution in [-0.4, -0.2) is 38.4 Å². The molecule has 0 bridgehead atoms. The number of nitrogens with zero attached hydrogens (tertiary/aromatic N) is 1. The number of sulfonamides is 1. The molecule has 17 heavy (non-hydrogen) atoms. The number of nitrogens with one attached hydrogen (secondary N) is 3. The number of hydrogen-bond acceptors (Lipinski definition) is 4. The molecule has 1 aromatic rings. The lowest BCUT2D eigenvalue weighted by atomic mass is 10.3. The van der Waals surface area contributed by atoms with Gasteiger partial charge in [-0.1, -0.05) is 6.92 Å². The summed E-state index contributed by atoms with van der Waals surface area (Å²) in [6.07, 6.45) is 0. The fraction of sp³-hybridized carbons (Fsp3) is 0.667. The Bertz CT molecular complexity index is 458. The normalized spacial score (nSPS) is 11.9. The van der Waals surface area contributed by atoms with E-state index in [4.69, 9.17) is 0 Å². The molecule has 0 aliphatic carbocycles. The Hall–Kier alpha value is -0.990. The van der Waals surface area contributed by atoms with Crippen molar-refractivity contribution in [2.45, 2.75) is 25.3 Å². The molecule has 0 unspecified atom stereocenters. The van der Waals surface area contributed by atoms with Crippen LogP contribution in [0.15, 0.2) is 4.90 Å². The van der Waals surface area contributed by atoms with Crippen molar-refractivity contribution in [3.05, 3.63) is 11.4 Å². The fourth-order valence-corrected chi connectivity index (χ4v) is 2.80. The molecule has 0 aliphatic rings. The van der Waals surface area contributed by atoms with E-state index < -0.39 is 16.7 Å². The second-order valence-electron chi connectivity index (χ2n) is 3.49. The number of hydrogen-bond donors (Lipinski definition) is 3. The van der Waals surface area contributed by atoms with Gasteiger partial charge in [0.2, 0.25) is 10.0 Å². The molecule has 0 saturated carbocycles. The number of halogens is 1. The van der Waals surface area contributed by atoms with E-state index in [0.717, 1.165) is 0 Å². The Morgan fingerprint density at radius 1 is 1.47 bits per heavy atom. The van der Waals surface area contributed by atoms with Gasteiger partial charge >= 0.3 is 0 Å². The zero-order valence-corrected chi connectivity index (χ0v) is 10.7. The van der Waals surface area contributed by atoms with Crippen molar-refractivity contribution in [3.8, 4) is 0 Å². The van der Waals surface area contributed by atoms with Crippen LogP contribution >= 0.6 is 0 Å². The highest BCUT2D eigenvalue weighted by Crippen LogP contribution is 2.17. The lowest BCUT2D eigenvalue weighted by Crippen LogP contribution is -2.27. The molecule has 0 radical (unpaired) electrons. The van der Waals surface area contributed by atoms with Gasteiger partial charge < -0.3 is 5.32 Å². The minimum atomic E-state index is -3.69. The average molecular weight is 264 g/mol. The van der Waals surface area contributed by atoms with Crippen LogP contribution in [0.4, 0.5) is 4.39 Å². The van der Waals surface area contributed by atoms with Crippen molar-refractivity contribution < 1.29 is 12.8 Å².